The summed E-state index contributed by atoms with van der Waals surface area (Å²) in [5, 5.41) is 17.5. The lowest BCUT2D eigenvalue weighted by molar-refractivity contribution is -0.383. The summed E-state index contributed by atoms with van der Waals surface area (Å²) in [6, 6.07) is 12.8. The van der Waals surface area contributed by atoms with Crippen LogP contribution in [0.1, 0.15) is 18.1 Å². The van der Waals surface area contributed by atoms with Crippen LogP contribution in [0.25, 0.3) is 0 Å². The molecule has 0 aliphatic carbocycles. The van der Waals surface area contributed by atoms with Crippen LogP contribution in [-0.4, -0.2) is 21.5 Å². The first-order valence-electron chi connectivity index (χ1n) is 9.03. The van der Waals surface area contributed by atoms with E-state index in [0.29, 0.717) is 18.0 Å². The summed E-state index contributed by atoms with van der Waals surface area (Å²) in [5.41, 5.74) is 9.08. The van der Waals surface area contributed by atoms with Crippen LogP contribution in [0.2, 0.25) is 0 Å². The fourth-order valence-corrected chi connectivity index (χ4v) is 2.68. The van der Waals surface area contributed by atoms with Gasteiger partial charge in [0.2, 0.25) is 17.6 Å². The molecule has 2 aromatic carbocycles. The topological polar surface area (TPSA) is 128 Å². The monoisotopic (exact) mass is 394 g/mol. The zero-order valence-corrected chi connectivity index (χ0v) is 16.4. The molecule has 3 rings (SSSR count). The number of rotatable bonds is 7. The molecule has 3 aromatic rings. The first kappa shape index (κ1) is 19.9. The number of nitrogens with two attached hydrogens (primary N) is 1. The zero-order chi connectivity index (χ0) is 21.0. The molecule has 9 nitrogen and oxygen atoms in total. The van der Waals surface area contributed by atoms with Crippen LogP contribution < -0.4 is 21.1 Å². The van der Waals surface area contributed by atoms with Gasteiger partial charge in [-0.05, 0) is 68.3 Å². The van der Waals surface area contributed by atoms with Crippen LogP contribution in [-0.2, 0) is 0 Å². The number of aromatic nitrogens is 2. The third-order valence-electron chi connectivity index (χ3n) is 4.28. The highest BCUT2D eigenvalue weighted by Gasteiger charge is 2.23. The van der Waals surface area contributed by atoms with Crippen molar-refractivity contribution in [3.8, 4) is 5.75 Å². The van der Waals surface area contributed by atoms with E-state index in [-0.39, 0.29) is 23.3 Å². The smallest absolute Gasteiger partial charge is 0.353 e. The molecule has 0 amide bonds. The number of aryl methyl sites for hydroxylation is 2. The summed E-state index contributed by atoms with van der Waals surface area (Å²) in [6.07, 6.45) is 0. The Morgan fingerprint density at radius 2 is 1.72 bits per heavy atom. The SMILES string of the molecule is CCOc1ccc(Nc2nc(Nc3ccc(C)c(C)c3)nc(N)c2[N+](=O)[O-])cc1. The summed E-state index contributed by atoms with van der Waals surface area (Å²) in [7, 11) is 0. The average Bonchev–Trinajstić information content (AvgIpc) is 2.66. The second-order valence-corrected chi connectivity index (χ2v) is 6.39. The van der Waals surface area contributed by atoms with Gasteiger partial charge in [0.15, 0.2) is 0 Å². The summed E-state index contributed by atoms with van der Waals surface area (Å²) >= 11 is 0. The molecule has 0 fully saturated rings. The Labute approximate surface area is 168 Å². The van der Waals surface area contributed by atoms with Crippen molar-refractivity contribution in [3.63, 3.8) is 0 Å². The van der Waals surface area contributed by atoms with Crippen molar-refractivity contribution in [2.24, 2.45) is 0 Å². The third kappa shape index (κ3) is 4.70. The van der Waals surface area contributed by atoms with Crippen LogP contribution in [0.4, 0.5) is 34.6 Å². The Kier molecular flexibility index (Phi) is 5.77. The Bertz CT molecular complexity index is 1040. The van der Waals surface area contributed by atoms with Crippen molar-refractivity contribution in [1.82, 2.24) is 9.97 Å². The molecule has 150 valence electrons. The normalized spacial score (nSPS) is 10.4. The minimum Gasteiger partial charge on any atom is -0.494 e. The van der Waals surface area contributed by atoms with Gasteiger partial charge in [0.1, 0.15) is 5.75 Å². The van der Waals surface area contributed by atoms with E-state index < -0.39 is 4.92 Å². The van der Waals surface area contributed by atoms with E-state index in [4.69, 9.17) is 10.5 Å². The number of benzene rings is 2. The van der Waals surface area contributed by atoms with Crippen molar-refractivity contribution >= 4 is 34.6 Å². The Morgan fingerprint density at radius 1 is 1.03 bits per heavy atom. The summed E-state index contributed by atoms with van der Waals surface area (Å²) in [5.74, 6) is 0.624. The van der Waals surface area contributed by atoms with Crippen molar-refractivity contribution in [1.29, 1.82) is 0 Å². The molecule has 29 heavy (non-hydrogen) atoms. The quantitative estimate of drug-likeness (QED) is 0.395. The molecule has 0 aliphatic heterocycles. The first-order chi connectivity index (χ1) is 13.9. The highest BCUT2D eigenvalue weighted by molar-refractivity contribution is 5.75. The molecule has 4 N–H and O–H groups in total. The lowest BCUT2D eigenvalue weighted by atomic mass is 10.1. The van der Waals surface area contributed by atoms with Gasteiger partial charge in [0.05, 0.1) is 11.5 Å². The van der Waals surface area contributed by atoms with Crippen molar-refractivity contribution in [2.75, 3.05) is 23.0 Å². The Morgan fingerprint density at radius 3 is 2.34 bits per heavy atom. The lowest BCUT2D eigenvalue weighted by Crippen LogP contribution is -2.08. The zero-order valence-electron chi connectivity index (χ0n) is 16.4. The maximum atomic E-state index is 11.5. The van der Waals surface area contributed by atoms with E-state index in [1.165, 1.54) is 0 Å². The van der Waals surface area contributed by atoms with Gasteiger partial charge in [0.25, 0.3) is 0 Å². The highest BCUT2D eigenvalue weighted by Crippen LogP contribution is 2.32. The van der Waals surface area contributed by atoms with Gasteiger partial charge in [-0.25, -0.2) is 0 Å². The number of nitrogens with zero attached hydrogens (tertiary/aromatic N) is 3. The summed E-state index contributed by atoms with van der Waals surface area (Å²) in [6.45, 7) is 6.44. The number of anilines is 5. The molecule has 9 heteroatoms. The molecule has 0 spiro atoms. The second kappa shape index (κ2) is 8.42. The molecule has 0 atom stereocenters. The van der Waals surface area contributed by atoms with E-state index in [2.05, 4.69) is 20.6 Å². The summed E-state index contributed by atoms with van der Waals surface area (Å²) < 4.78 is 5.40. The average molecular weight is 394 g/mol. The molecular weight excluding hydrogens is 372 g/mol. The first-order valence-corrected chi connectivity index (χ1v) is 9.03. The van der Waals surface area contributed by atoms with E-state index in [1.807, 2.05) is 39.0 Å². The van der Waals surface area contributed by atoms with E-state index >= 15 is 0 Å². The van der Waals surface area contributed by atoms with E-state index in [1.54, 1.807) is 24.3 Å². The number of hydrogen-bond acceptors (Lipinski definition) is 8. The number of hydrogen-bond donors (Lipinski definition) is 3. The van der Waals surface area contributed by atoms with Crippen LogP contribution in [0.3, 0.4) is 0 Å². The van der Waals surface area contributed by atoms with Crippen LogP contribution in [0, 0.1) is 24.0 Å². The van der Waals surface area contributed by atoms with Gasteiger partial charge < -0.3 is 21.1 Å². The molecule has 0 aliphatic rings. The van der Waals surface area contributed by atoms with Gasteiger partial charge in [-0.2, -0.15) is 9.97 Å². The molecule has 1 heterocycles. The number of ether oxygens (including phenoxy) is 1. The largest absolute Gasteiger partial charge is 0.494 e. The number of nitro groups is 1. The van der Waals surface area contributed by atoms with Crippen LogP contribution in [0.15, 0.2) is 42.5 Å². The fourth-order valence-electron chi connectivity index (χ4n) is 2.68. The van der Waals surface area contributed by atoms with Gasteiger partial charge >= 0.3 is 5.69 Å². The maximum absolute atomic E-state index is 11.5. The Hall–Kier alpha value is -3.88. The molecular formula is C20H22N6O3. The minimum absolute atomic E-state index is 0.00186. The lowest BCUT2D eigenvalue weighted by Gasteiger charge is -2.12. The number of nitrogens with one attached hydrogen (secondary N) is 2. The van der Waals surface area contributed by atoms with Gasteiger partial charge in [-0.15, -0.1) is 0 Å². The highest BCUT2D eigenvalue weighted by atomic mass is 16.6. The van der Waals surface area contributed by atoms with Crippen molar-refractivity contribution < 1.29 is 9.66 Å². The standard InChI is InChI=1S/C20H22N6O3/c1-4-29-16-9-7-14(8-10-16)22-19-17(26(27)28)18(21)24-20(25-19)23-15-6-5-12(2)13(3)11-15/h5-11H,4H2,1-3H3,(H4,21,22,23,24,25). The molecule has 1 aromatic heterocycles. The Balaban J connectivity index is 1.93. The predicted octanol–water partition coefficient (Wildman–Crippen LogP) is 4.47. The molecule has 0 bridgehead atoms. The van der Waals surface area contributed by atoms with E-state index in [0.717, 1.165) is 16.8 Å². The fraction of sp³-hybridized carbons (Fsp3) is 0.200. The number of nitrogen functional groups attached to an aromatic ring is 1. The predicted molar refractivity (Wildman–Crippen MR) is 113 cm³/mol. The van der Waals surface area contributed by atoms with Crippen molar-refractivity contribution in [3.05, 3.63) is 63.7 Å². The third-order valence-corrected chi connectivity index (χ3v) is 4.28. The molecule has 0 saturated heterocycles. The van der Waals surface area contributed by atoms with Gasteiger partial charge in [0, 0.05) is 11.4 Å². The molecule has 0 radical (unpaired) electrons. The molecule has 0 unspecified atom stereocenters. The van der Waals surface area contributed by atoms with Crippen LogP contribution in [0.5, 0.6) is 5.75 Å². The van der Waals surface area contributed by atoms with Crippen LogP contribution >= 0.6 is 0 Å². The molecule has 0 saturated carbocycles. The maximum Gasteiger partial charge on any atom is 0.353 e. The van der Waals surface area contributed by atoms with Gasteiger partial charge in [-0.3, -0.25) is 10.1 Å². The second-order valence-electron chi connectivity index (χ2n) is 6.39. The summed E-state index contributed by atoms with van der Waals surface area (Å²) in [4.78, 5) is 19.2. The minimum atomic E-state index is -0.605. The van der Waals surface area contributed by atoms with Crippen molar-refractivity contribution in [2.45, 2.75) is 20.8 Å². The van der Waals surface area contributed by atoms with Gasteiger partial charge in [-0.1, -0.05) is 6.07 Å². The van der Waals surface area contributed by atoms with E-state index in [9.17, 15) is 10.1 Å².